The highest BCUT2D eigenvalue weighted by Crippen LogP contribution is 2.06. The number of nitrogens with two attached hydrogens (primary N) is 1. The van der Waals surface area contributed by atoms with E-state index in [9.17, 15) is 0 Å². The van der Waals surface area contributed by atoms with E-state index in [-0.39, 0.29) is 0 Å². The van der Waals surface area contributed by atoms with Crippen LogP contribution in [0.5, 0.6) is 0 Å². The minimum atomic E-state index is 0.649. The first-order valence-corrected chi connectivity index (χ1v) is 4.56. The van der Waals surface area contributed by atoms with Crippen LogP contribution >= 0.6 is 0 Å². The van der Waals surface area contributed by atoms with Gasteiger partial charge in [-0.05, 0) is 19.1 Å². The van der Waals surface area contributed by atoms with Gasteiger partial charge in [-0.25, -0.2) is 4.99 Å². The zero-order chi connectivity index (χ0) is 9.97. The molecule has 0 spiro atoms. The van der Waals surface area contributed by atoms with Crippen molar-refractivity contribution in [3.63, 3.8) is 0 Å². The molecule has 2 heterocycles. The molecule has 0 unspecified atom stereocenters. The average Bonchev–Trinajstić information content (AvgIpc) is 2.19. The molecule has 72 valence electrons. The summed E-state index contributed by atoms with van der Waals surface area (Å²) in [5.41, 5.74) is 7.56. The number of aryl methyl sites for hydroxylation is 1. The molecule has 1 aliphatic rings. The van der Waals surface area contributed by atoms with Crippen molar-refractivity contribution in [3.05, 3.63) is 29.6 Å². The van der Waals surface area contributed by atoms with E-state index in [2.05, 4.69) is 15.0 Å². The molecule has 2 N–H and O–H groups in total. The lowest BCUT2D eigenvalue weighted by atomic mass is 10.2. The van der Waals surface area contributed by atoms with Gasteiger partial charge in [-0.1, -0.05) is 0 Å². The van der Waals surface area contributed by atoms with Crippen molar-refractivity contribution < 1.29 is 0 Å². The van der Waals surface area contributed by atoms with Crippen LogP contribution in [0.25, 0.3) is 0 Å². The van der Waals surface area contributed by atoms with Crippen LogP contribution < -0.4 is 5.73 Å². The van der Waals surface area contributed by atoms with Gasteiger partial charge < -0.3 is 5.73 Å². The number of aliphatic imine (C=N–C) groups is 2. The Balaban J connectivity index is 2.32. The highest BCUT2D eigenvalue weighted by atomic mass is 15.0. The van der Waals surface area contributed by atoms with Gasteiger partial charge in [0.2, 0.25) is 0 Å². The Hall–Kier alpha value is -1.71. The van der Waals surface area contributed by atoms with Crippen LogP contribution in [0.3, 0.4) is 0 Å². The second-order valence-electron chi connectivity index (χ2n) is 3.25. The minimum absolute atomic E-state index is 0.649. The molecule has 0 fully saturated rings. The van der Waals surface area contributed by atoms with Crippen LogP contribution in [-0.2, 0) is 0 Å². The molecule has 2 rings (SSSR count). The quantitative estimate of drug-likeness (QED) is 0.711. The largest absolute Gasteiger partial charge is 0.387 e. The van der Waals surface area contributed by atoms with Crippen LogP contribution in [0.4, 0.5) is 0 Å². The molecule has 1 aromatic rings. The van der Waals surface area contributed by atoms with E-state index in [0.717, 1.165) is 24.2 Å². The first-order valence-electron chi connectivity index (χ1n) is 4.56. The Morgan fingerprint density at radius 2 is 2.21 bits per heavy atom. The van der Waals surface area contributed by atoms with Crippen LogP contribution in [0.15, 0.2) is 28.3 Å². The maximum absolute atomic E-state index is 5.64. The SMILES string of the molecule is Cc1ccc(C2=NCCC(N)=N2)cn1. The molecule has 0 aliphatic carbocycles. The Bertz CT molecular complexity index is 389. The second kappa shape index (κ2) is 3.57. The van der Waals surface area contributed by atoms with E-state index in [1.807, 2.05) is 19.1 Å². The normalized spacial score (nSPS) is 16.1. The Labute approximate surface area is 82.6 Å². The van der Waals surface area contributed by atoms with Gasteiger partial charge in [0.15, 0.2) is 5.84 Å². The van der Waals surface area contributed by atoms with Crippen molar-refractivity contribution in [2.24, 2.45) is 15.7 Å². The average molecular weight is 188 g/mol. The molecule has 0 bridgehead atoms. The number of hydrogen-bond donors (Lipinski definition) is 1. The summed E-state index contributed by atoms with van der Waals surface area (Å²) in [6, 6.07) is 3.90. The Morgan fingerprint density at radius 1 is 1.36 bits per heavy atom. The number of pyridine rings is 1. The predicted molar refractivity (Wildman–Crippen MR) is 56.6 cm³/mol. The molecule has 0 amide bonds. The first-order chi connectivity index (χ1) is 6.75. The van der Waals surface area contributed by atoms with Crippen molar-refractivity contribution in [1.82, 2.24) is 4.98 Å². The third-order valence-electron chi connectivity index (χ3n) is 2.05. The zero-order valence-corrected chi connectivity index (χ0v) is 8.07. The molecule has 4 nitrogen and oxygen atoms in total. The summed E-state index contributed by atoms with van der Waals surface area (Å²) in [6.07, 6.45) is 2.53. The standard InChI is InChI=1S/C10H12N4/c1-7-2-3-8(6-13-7)10-12-5-4-9(11)14-10/h2-3,6H,4-5H2,1H3,(H2,11,12,14). The fraction of sp³-hybridized carbons (Fsp3) is 0.300. The molecule has 14 heavy (non-hydrogen) atoms. The molecule has 0 atom stereocenters. The fourth-order valence-corrected chi connectivity index (χ4v) is 1.26. The van der Waals surface area contributed by atoms with Crippen molar-refractivity contribution in [3.8, 4) is 0 Å². The van der Waals surface area contributed by atoms with Gasteiger partial charge in [0, 0.05) is 30.4 Å². The summed E-state index contributed by atoms with van der Waals surface area (Å²) in [5.74, 6) is 1.34. The first kappa shape index (κ1) is 8.87. The lowest BCUT2D eigenvalue weighted by Crippen LogP contribution is -2.20. The van der Waals surface area contributed by atoms with Crippen molar-refractivity contribution >= 4 is 11.7 Å². The molecule has 1 aliphatic heterocycles. The highest BCUT2D eigenvalue weighted by molar-refractivity contribution is 6.07. The summed E-state index contributed by atoms with van der Waals surface area (Å²) >= 11 is 0. The topological polar surface area (TPSA) is 63.6 Å². The van der Waals surface area contributed by atoms with Gasteiger partial charge >= 0.3 is 0 Å². The molecule has 1 aromatic heterocycles. The predicted octanol–water partition coefficient (Wildman–Crippen LogP) is 0.898. The smallest absolute Gasteiger partial charge is 0.158 e. The molecule has 0 aromatic carbocycles. The number of amidine groups is 2. The number of aromatic nitrogens is 1. The van der Waals surface area contributed by atoms with E-state index in [0.29, 0.717) is 11.7 Å². The van der Waals surface area contributed by atoms with Crippen LogP contribution in [0.1, 0.15) is 17.7 Å². The molecular formula is C10H12N4. The van der Waals surface area contributed by atoms with Crippen LogP contribution in [0.2, 0.25) is 0 Å². The molecule has 4 heteroatoms. The second-order valence-corrected chi connectivity index (χ2v) is 3.25. The van der Waals surface area contributed by atoms with Crippen molar-refractivity contribution in [1.29, 1.82) is 0 Å². The van der Waals surface area contributed by atoms with E-state index < -0.39 is 0 Å². The summed E-state index contributed by atoms with van der Waals surface area (Å²) in [5, 5.41) is 0. The molecular weight excluding hydrogens is 176 g/mol. The summed E-state index contributed by atoms with van der Waals surface area (Å²) < 4.78 is 0. The summed E-state index contributed by atoms with van der Waals surface area (Å²) in [6.45, 7) is 2.67. The number of hydrogen-bond acceptors (Lipinski definition) is 4. The van der Waals surface area contributed by atoms with Crippen molar-refractivity contribution in [2.45, 2.75) is 13.3 Å². The monoisotopic (exact) mass is 188 g/mol. The van der Waals surface area contributed by atoms with E-state index in [1.165, 1.54) is 0 Å². The molecule has 0 saturated heterocycles. The van der Waals surface area contributed by atoms with Gasteiger partial charge in [0.25, 0.3) is 0 Å². The lowest BCUT2D eigenvalue weighted by molar-refractivity contribution is 1.00. The molecule has 0 radical (unpaired) electrons. The van der Waals surface area contributed by atoms with Gasteiger partial charge in [-0.3, -0.25) is 9.98 Å². The third kappa shape index (κ3) is 1.79. The fourth-order valence-electron chi connectivity index (χ4n) is 1.26. The van der Waals surface area contributed by atoms with Gasteiger partial charge in [0.1, 0.15) is 5.84 Å². The Morgan fingerprint density at radius 3 is 2.86 bits per heavy atom. The van der Waals surface area contributed by atoms with Crippen LogP contribution in [0, 0.1) is 6.92 Å². The highest BCUT2D eigenvalue weighted by Gasteiger charge is 2.07. The summed E-state index contributed by atoms with van der Waals surface area (Å²) in [7, 11) is 0. The van der Waals surface area contributed by atoms with Gasteiger partial charge in [0.05, 0.1) is 0 Å². The lowest BCUT2D eigenvalue weighted by Gasteiger charge is -2.08. The van der Waals surface area contributed by atoms with Crippen LogP contribution in [-0.4, -0.2) is 23.2 Å². The minimum Gasteiger partial charge on any atom is -0.387 e. The Kier molecular flexibility index (Phi) is 2.26. The maximum atomic E-state index is 5.64. The summed E-state index contributed by atoms with van der Waals surface area (Å²) in [4.78, 5) is 12.7. The molecule has 0 saturated carbocycles. The maximum Gasteiger partial charge on any atom is 0.158 e. The number of rotatable bonds is 1. The van der Waals surface area contributed by atoms with E-state index in [1.54, 1.807) is 6.20 Å². The zero-order valence-electron chi connectivity index (χ0n) is 8.07. The van der Waals surface area contributed by atoms with Crippen molar-refractivity contribution in [2.75, 3.05) is 6.54 Å². The number of nitrogens with zero attached hydrogens (tertiary/aromatic N) is 3. The van der Waals surface area contributed by atoms with Gasteiger partial charge in [-0.15, -0.1) is 0 Å². The van der Waals surface area contributed by atoms with E-state index in [4.69, 9.17) is 5.73 Å². The van der Waals surface area contributed by atoms with Gasteiger partial charge in [-0.2, -0.15) is 0 Å². The third-order valence-corrected chi connectivity index (χ3v) is 2.05. The van der Waals surface area contributed by atoms with E-state index >= 15 is 0 Å².